The lowest BCUT2D eigenvalue weighted by Crippen LogP contribution is -2.39. The van der Waals surface area contributed by atoms with E-state index < -0.39 is 47.7 Å². The first kappa shape index (κ1) is 28.9. The number of hydrogen-bond donors (Lipinski definition) is 1. The average molecular weight is 566 g/mol. The van der Waals surface area contributed by atoms with Gasteiger partial charge in [0.15, 0.2) is 0 Å². The maximum atomic E-state index is 14.7. The first-order valence-electron chi connectivity index (χ1n) is 12.1. The van der Waals surface area contributed by atoms with Crippen LogP contribution in [-0.4, -0.2) is 41.4 Å². The second kappa shape index (κ2) is 11.5. The van der Waals surface area contributed by atoms with Gasteiger partial charge in [-0.1, -0.05) is 37.3 Å². The third kappa shape index (κ3) is 6.19. The highest BCUT2D eigenvalue weighted by Gasteiger charge is 2.41. The van der Waals surface area contributed by atoms with Gasteiger partial charge >= 0.3 is 18.0 Å². The molecule has 0 aliphatic heterocycles. The Balaban J connectivity index is 1.48. The van der Waals surface area contributed by atoms with Crippen molar-refractivity contribution >= 4 is 6.08 Å². The van der Waals surface area contributed by atoms with Gasteiger partial charge in [-0.3, -0.25) is 9.13 Å². The van der Waals surface area contributed by atoms with Gasteiger partial charge in [0, 0.05) is 24.0 Å². The van der Waals surface area contributed by atoms with E-state index in [9.17, 15) is 36.2 Å². The van der Waals surface area contributed by atoms with Crippen molar-refractivity contribution in [1.82, 2.24) is 23.9 Å². The van der Waals surface area contributed by atoms with Crippen molar-refractivity contribution in [2.75, 3.05) is 0 Å². The molecule has 0 fully saturated rings. The van der Waals surface area contributed by atoms with Gasteiger partial charge < -0.3 is 5.11 Å². The van der Waals surface area contributed by atoms with E-state index in [2.05, 4.69) is 10.1 Å². The molecular weight excluding hydrogens is 540 g/mol. The van der Waals surface area contributed by atoms with E-state index >= 15 is 0 Å². The average Bonchev–Trinajstić information content (AvgIpc) is 3.53. The third-order valence-corrected chi connectivity index (χ3v) is 6.60. The fraction of sp³-hybridized carbons (Fsp3) is 0.296. The van der Waals surface area contributed by atoms with Crippen LogP contribution in [0.3, 0.4) is 0 Å². The maximum Gasteiger partial charge on any atom is 0.332 e. The number of hydrogen-bond acceptors (Lipinski definition) is 4. The highest BCUT2D eigenvalue weighted by Crippen LogP contribution is 2.36. The minimum atomic E-state index is -4.34. The van der Waals surface area contributed by atoms with Crippen LogP contribution in [0.1, 0.15) is 24.5 Å². The highest BCUT2D eigenvalue weighted by molar-refractivity contribution is 5.51. The normalized spacial score (nSPS) is 14.6. The van der Waals surface area contributed by atoms with Gasteiger partial charge in [0.05, 0.1) is 18.8 Å². The van der Waals surface area contributed by atoms with Crippen LogP contribution in [0.5, 0.6) is 0 Å². The second-order valence-corrected chi connectivity index (χ2v) is 9.41. The molecule has 0 aliphatic rings. The highest BCUT2D eigenvalue weighted by atomic mass is 19.3. The van der Waals surface area contributed by atoms with Crippen molar-refractivity contribution in [3.63, 3.8) is 0 Å². The summed E-state index contributed by atoms with van der Waals surface area (Å²) in [4.78, 5) is 16.3. The van der Waals surface area contributed by atoms with Gasteiger partial charge in [-0.25, -0.2) is 32.0 Å². The molecule has 4 aromatic rings. The van der Waals surface area contributed by atoms with E-state index in [1.54, 1.807) is 43.3 Å². The minimum Gasteiger partial charge on any atom is -0.383 e. The molecule has 1 N–H and O–H groups in total. The van der Waals surface area contributed by atoms with E-state index in [0.717, 1.165) is 16.8 Å². The quantitative estimate of drug-likeness (QED) is 0.259. The van der Waals surface area contributed by atoms with Gasteiger partial charge in [0.25, 0.3) is 0 Å². The van der Waals surface area contributed by atoms with E-state index in [-0.39, 0.29) is 18.5 Å². The third-order valence-electron chi connectivity index (χ3n) is 6.60. The fourth-order valence-corrected chi connectivity index (χ4v) is 4.28. The minimum absolute atomic E-state index is 0.0849. The van der Waals surface area contributed by atoms with E-state index in [1.807, 2.05) is 0 Å². The lowest BCUT2D eigenvalue weighted by molar-refractivity contribution is -0.138. The molecule has 0 aliphatic carbocycles. The van der Waals surface area contributed by atoms with E-state index in [0.29, 0.717) is 21.9 Å². The zero-order valence-corrected chi connectivity index (χ0v) is 21.1. The summed E-state index contributed by atoms with van der Waals surface area (Å²) in [6, 6.07) is 9.37. The summed E-state index contributed by atoms with van der Waals surface area (Å²) >= 11 is 0. The molecule has 0 amide bonds. The number of allylic oxidation sites excluding steroid dienone is 1. The topological polar surface area (TPSA) is 77.9 Å². The Hall–Kier alpha value is -4.13. The van der Waals surface area contributed by atoms with Crippen molar-refractivity contribution in [3.8, 4) is 5.69 Å². The molecule has 13 heteroatoms. The van der Waals surface area contributed by atoms with E-state index in [1.165, 1.54) is 29.6 Å². The molecule has 212 valence electrons. The molecule has 0 unspecified atom stereocenters. The summed E-state index contributed by atoms with van der Waals surface area (Å²) in [6.45, 7) is 0.138. The molecule has 2 atom stereocenters. The Morgan fingerprint density at radius 2 is 1.77 bits per heavy atom. The van der Waals surface area contributed by atoms with Crippen molar-refractivity contribution < 1.29 is 31.4 Å². The number of benzene rings is 2. The van der Waals surface area contributed by atoms with Crippen LogP contribution in [0.4, 0.5) is 26.3 Å². The molecular formula is C27H25F6N5O2. The van der Waals surface area contributed by atoms with Gasteiger partial charge in [-0.2, -0.15) is 13.9 Å². The lowest BCUT2D eigenvalue weighted by atomic mass is 9.80. The van der Waals surface area contributed by atoms with Gasteiger partial charge in [-0.15, -0.1) is 0 Å². The summed E-state index contributed by atoms with van der Waals surface area (Å²) in [6.07, 6.45) is 4.74. The first-order valence-corrected chi connectivity index (χ1v) is 12.1. The number of imidazole rings is 1. The predicted molar refractivity (Wildman–Crippen MR) is 134 cm³/mol. The number of halogens is 6. The zero-order valence-electron chi connectivity index (χ0n) is 21.1. The molecule has 0 saturated heterocycles. The fourth-order valence-electron chi connectivity index (χ4n) is 4.28. The van der Waals surface area contributed by atoms with Crippen LogP contribution in [0.25, 0.3) is 11.8 Å². The van der Waals surface area contributed by atoms with Crippen molar-refractivity contribution in [1.29, 1.82) is 0 Å². The molecule has 2 heterocycles. The van der Waals surface area contributed by atoms with Crippen LogP contribution in [0, 0.1) is 17.6 Å². The molecule has 7 nitrogen and oxygen atoms in total. The predicted octanol–water partition coefficient (Wildman–Crippen LogP) is 5.04. The summed E-state index contributed by atoms with van der Waals surface area (Å²) in [7, 11) is 0. The molecule has 0 spiro atoms. The van der Waals surface area contributed by atoms with Gasteiger partial charge in [0.1, 0.15) is 29.9 Å². The Kier molecular flexibility index (Phi) is 8.33. The van der Waals surface area contributed by atoms with Crippen LogP contribution in [0.2, 0.25) is 0 Å². The smallest absolute Gasteiger partial charge is 0.332 e. The van der Waals surface area contributed by atoms with Gasteiger partial charge in [0.2, 0.25) is 0 Å². The van der Waals surface area contributed by atoms with Crippen molar-refractivity contribution in [2.24, 2.45) is 5.92 Å². The van der Waals surface area contributed by atoms with Gasteiger partial charge in [-0.05, 0) is 36.1 Å². The molecule has 40 heavy (non-hydrogen) atoms. The first-order chi connectivity index (χ1) is 18.9. The van der Waals surface area contributed by atoms with E-state index in [4.69, 9.17) is 0 Å². The van der Waals surface area contributed by atoms with Crippen molar-refractivity contribution in [3.05, 3.63) is 107 Å². The number of alkyl halides is 4. The largest absolute Gasteiger partial charge is 0.383 e. The Labute approximate surface area is 224 Å². The molecule has 2 aromatic carbocycles. The van der Waals surface area contributed by atoms with Crippen LogP contribution < -0.4 is 5.69 Å². The second-order valence-electron chi connectivity index (χ2n) is 9.41. The number of aromatic nitrogens is 5. The molecule has 0 saturated carbocycles. The Morgan fingerprint density at radius 3 is 2.40 bits per heavy atom. The number of aliphatic hydroxyl groups is 1. The van der Waals surface area contributed by atoms with Crippen LogP contribution in [0.15, 0.2) is 78.4 Å². The standard InChI is InChI=1S/C27H25F6N5O2/c1-18(26(40,14-37-17-34-16-35-37)22-10-7-20(28)13-23(22)29)3-2-4-19-5-8-21(9-6-19)38-12-11-36(25(38)39)15-27(32,33)24(30)31/h2,4-13,16-18,24,40H,3,14-15H2,1H3/b4-2+/t18-,26+/m0/s1. The summed E-state index contributed by atoms with van der Waals surface area (Å²) in [5.41, 5.74) is -1.70. The number of rotatable bonds is 11. The SMILES string of the molecule is C[C@@H](C/C=C/c1ccc(-n2ccn(CC(F)(F)C(F)F)c2=O)cc1)[C@](O)(Cn1cncn1)c1ccc(F)cc1F. The van der Waals surface area contributed by atoms with Crippen LogP contribution in [-0.2, 0) is 18.7 Å². The zero-order chi connectivity index (χ0) is 29.1. The van der Waals surface area contributed by atoms with Crippen LogP contribution >= 0.6 is 0 Å². The Morgan fingerprint density at radius 1 is 1.05 bits per heavy atom. The lowest BCUT2D eigenvalue weighted by Gasteiger charge is -2.34. The number of nitrogens with zero attached hydrogens (tertiary/aromatic N) is 5. The molecule has 0 radical (unpaired) electrons. The summed E-state index contributed by atoms with van der Waals surface area (Å²) in [5, 5.41) is 15.6. The summed E-state index contributed by atoms with van der Waals surface area (Å²) < 4.78 is 82.9. The summed E-state index contributed by atoms with van der Waals surface area (Å²) in [5.74, 6) is -6.57. The Bertz CT molecular complexity index is 1520. The van der Waals surface area contributed by atoms with Crippen molar-refractivity contribution in [2.45, 2.75) is 44.4 Å². The molecule has 4 rings (SSSR count). The monoisotopic (exact) mass is 565 g/mol. The molecule has 0 bridgehead atoms. The molecule has 2 aromatic heterocycles. The maximum absolute atomic E-state index is 14.7.